The predicted molar refractivity (Wildman–Crippen MR) is 114 cm³/mol. The van der Waals surface area contributed by atoms with Crippen LogP contribution in [0, 0.1) is 12.8 Å². The molecule has 1 unspecified atom stereocenters. The number of rotatable bonds is 5. The minimum Gasteiger partial charge on any atom is -0.339 e. The Bertz CT molecular complexity index is 821. The van der Waals surface area contributed by atoms with Crippen LogP contribution in [-0.2, 0) is 4.79 Å². The molecule has 1 aliphatic heterocycles. The number of likely N-dealkylation sites (tertiary alicyclic amines) is 1. The van der Waals surface area contributed by atoms with E-state index < -0.39 is 0 Å². The van der Waals surface area contributed by atoms with Gasteiger partial charge in [0.05, 0.1) is 0 Å². The number of amides is 2. The van der Waals surface area contributed by atoms with Gasteiger partial charge < -0.3 is 10.2 Å². The van der Waals surface area contributed by atoms with Gasteiger partial charge in [0.15, 0.2) is 0 Å². The Kier molecular flexibility index (Phi) is 6.50. The molecule has 4 nitrogen and oxygen atoms in total. The van der Waals surface area contributed by atoms with E-state index in [1.165, 1.54) is 5.56 Å². The van der Waals surface area contributed by atoms with E-state index in [9.17, 15) is 9.59 Å². The van der Waals surface area contributed by atoms with Gasteiger partial charge in [-0.15, -0.1) is 0 Å². The van der Waals surface area contributed by atoms with Gasteiger partial charge in [0, 0.05) is 30.3 Å². The van der Waals surface area contributed by atoms with Crippen LogP contribution < -0.4 is 5.32 Å². The largest absolute Gasteiger partial charge is 0.339 e. The van der Waals surface area contributed by atoms with Crippen molar-refractivity contribution < 1.29 is 9.59 Å². The minimum atomic E-state index is -0.0461. The Morgan fingerprint density at radius 1 is 1.07 bits per heavy atom. The van der Waals surface area contributed by atoms with Gasteiger partial charge in [-0.1, -0.05) is 44.2 Å². The Morgan fingerprint density at radius 3 is 2.32 bits per heavy atom. The standard InChI is InChI=1S/C24H30N2O2/c1-4-17(2)19-9-11-21(12-10-19)25-23(27)20-13-15-26(16-14-20)24(28)22-8-6-5-7-18(22)3/h5-12,17,20H,4,13-16H2,1-3H3,(H,25,27). The Balaban J connectivity index is 1.54. The Morgan fingerprint density at radius 2 is 1.71 bits per heavy atom. The quantitative estimate of drug-likeness (QED) is 0.796. The molecule has 2 aromatic rings. The average molecular weight is 379 g/mol. The molecule has 0 saturated carbocycles. The normalized spacial score (nSPS) is 15.9. The van der Waals surface area contributed by atoms with Gasteiger partial charge in [-0.3, -0.25) is 9.59 Å². The van der Waals surface area contributed by atoms with Crippen molar-refractivity contribution in [2.75, 3.05) is 18.4 Å². The lowest BCUT2D eigenvalue weighted by Gasteiger charge is -2.31. The summed E-state index contributed by atoms with van der Waals surface area (Å²) >= 11 is 0. The highest BCUT2D eigenvalue weighted by molar-refractivity contribution is 5.96. The van der Waals surface area contributed by atoms with E-state index in [1.807, 2.05) is 48.2 Å². The molecule has 1 fully saturated rings. The molecule has 148 valence electrons. The zero-order chi connectivity index (χ0) is 20.1. The number of aryl methyl sites for hydroxylation is 1. The predicted octanol–water partition coefficient (Wildman–Crippen LogP) is 5.00. The van der Waals surface area contributed by atoms with Crippen molar-refractivity contribution in [2.45, 2.75) is 46.0 Å². The zero-order valence-corrected chi connectivity index (χ0v) is 17.1. The lowest BCUT2D eigenvalue weighted by molar-refractivity contribution is -0.121. The molecule has 0 radical (unpaired) electrons. The first-order valence-corrected chi connectivity index (χ1v) is 10.2. The average Bonchev–Trinajstić information content (AvgIpc) is 2.73. The topological polar surface area (TPSA) is 49.4 Å². The number of carbonyl (C=O) groups is 2. The van der Waals surface area contributed by atoms with Gasteiger partial charge >= 0.3 is 0 Å². The molecule has 0 aromatic heterocycles. The third-order valence-electron chi connectivity index (χ3n) is 5.89. The molecular formula is C24H30N2O2. The SMILES string of the molecule is CCC(C)c1ccc(NC(=O)C2CCN(C(=O)c3ccccc3C)CC2)cc1. The van der Waals surface area contributed by atoms with Gasteiger partial charge in [-0.2, -0.15) is 0 Å². The van der Waals surface area contributed by atoms with Crippen LogP contribution in [0.15, 0.2) is 48.5 Å². The van der Waals surface area contributed by atoms with Gasteiger partial charge in [-0.05, 0) is 61.4 Å². The highest BCUT2D eigenvalue weighted by atomic mass is 16.2. The summed E-state index contributed by atoms with van der Waals surface area (Å²) < 4.78 is 0. The monoisotopic (exact) mass is 378 g/mol. The van der Waals surface area contributed by atoms with E-state index in [4.69, 9.17) is 0 Å². The fraction of sp³-hybridized carbons (Fsp3) is 0.417. The highest BCUT2D eigenvalue weighted by Crippen LogP contribution is 2.24. The second-order valence-corrected chi connectivity index (χ2v) is 7.80. The van der Waals surface area contributed by atoms with Crippen LogP contribution in [0.2, 0.25) is 0 Å². The third-order valence-corrected chi connectivity index (χ3v) is 5.89. The van der Waals surface area contributed by atoms with Crippen LogP contribution in [0.4, 0.5) is 5.69 Å². The van der Waals surface area contributed by atoms with Crippen molar-refractivity contribution in [3.05, 3.63) is 65.2 Å². The molecule has 0 bridgehead atoms. The number of benzene rings is 2. The molecule has 2 aromatic carbocycles. The third kappa shape index (κ3) is 4.61. The molecule has 4 heteroatoms. The van der Waals surface area contributed by atoms with Crippen LogP contribution in [0.25, 0.3) is 0 Å². The van der Waals surface area contributed by atoms with Crippen LogP contribution >= 0.6 is 0 Å². The first kappa shape index (κ1) is 20.1. The summed E-state index contributed by atoms with van der Waals surface area (Å²) in [5.41, 5.74) is 3.89. The summed E-state index contributed by atoms with van der Waals surface area (Å²) in [6, 6.07) is 15.8. The minimum absolute atomic E-state index is 0.0461. The van der Waals surface area contributed by atoms with E-state index in [-0.39, 0.29) is 17.7 Å². The Hall–Kier alpha value is -2.62. The molecule has 1 heterocycles. The lowest BCUT2D eigenvalue weighted by Crippen LogP contribution is -2.41. The number of piperidine rings is 1. The summed E-state index contributed by atoms with van der Waals surface area (Å²) in [7, 11) is 0. The molecule has 1 saturated heterocycles. The summed E-state index contributed by atoms with van der Waals surface area (Å²) in [5, 5.41) is 3.04. The fourth-order valence-electron chi connectivity index (χ4n) is 3.70. The summed E-state index contributed by atoms with van der Waals surface area (Å²) in [6.45, 7) is 7.59. The molecule has 28 heavy (non-hydrogen) atoms. The maximum absolute atomic E-state index is 12.7. The van der Waals surface area contributed by atoms with Crippen molar-refractivity contribution in [3.8, 4) is 0 Å². The van der Waals surface area contributed by atoms with E-state index in [0.717, 1.165) is 23.2 Å². The number of nitrogens with zero attached hydrogens (tertiary/aromatic N) is 1. The number of hydrogen-bond donors (Lipinski definition) is 1. The van der Waals surface area contributed by atoms with Crippen molar-refractivity contribution >= 4 is 17.5 Å². The number of carbonyl (C=O) groups excluding carboxylic acids is 2. The van der Waals surface area contributed by atoms with Crippen LogP contribution in [0.1, 0.15) is 60.5 Å². The summed E-state index contributed by atoms with van der Waals surface area (Å²) in [6.07, 6.45) is 2.51. The van der Waals surface area contributed by atoms with Crippen molar-refractivity contribution in [1.82, 2.24) is 4.90 Å². The van der Waals surface area contributed by atoms with Gasteiger partial charge in [-0.25, -0.2) is 0 Å². The molecule has 2 amide bonds. The number of anilines is 1. The van der Waals surface area contributed by atoms with Gasteiger partial charge in [0.25, 0.3) is 5.91 Å². The van der Waals surface area contributed by atoms with Crippen LogP contribution in [0.3, 0.4) is 0 Å². The highest BCUT2D eigenvalue weighted by Gasteiger charge is 2.28. The molecule has 0 spiro atoms. The van der Waals surface area contributed by atoms with Gasteiger partial charge in [0.2, 0.25) is 5.91 Å². The first-order valence-electron chi connectivity index (χ1n) is 10.2. The number of hydrogen-bond acceptors (Lipinski definition) is 2. The maximum atomic E-state index is 12.7. The van der Waals surface area contributed by atoms with E-state index >= 15 is 0 Å². The van der Waals surface area contributed by atoms with Crippen LogP contribution in [-0.4, -0.2) is 29.8 Å². The van der Waals surface area contributed by atoms with E-state index in [0.29, 0.717) is 31.8 Å². The van der Waals surface area contributed by atoms with Crippen molar-refractivity contribution in [2.24, 2.45) is 5.92 Å². The zero-order valence-electron chi connectivity index (χ0n) is 17.1. The molecule has 1 aliphatic rings. The molecule has 1 atom stereocenters. The van der Waals surface area contributed by atoms with Crippen molar-refractivity contribution in [1.29, 1.82) is 0 Å². The maximum Gasteiger partial charge on any atom is 0.254 e. The van der Waals surface area contributed by atoms with E-state index in [1.54, 1.807) is 0 Å². The lowest BCUT2D eigenvalue weighted by atomic mass is 9.94. The first-order chi connectivity index (χ1) is 13.5. The molecule has 0 aliphatic carbocycles. The molecule has 3 rings (SSSR count). The van der Waals surface area contributed by atoms with Crippen LogP contribution in [0.5, 0.6) is 0 Å². The van der Waals surface area contributed by atoms with Gasteiger partial charge in [0.1, 0.15) is 0 Å². The second-order valence-electron chi connectivity index (χ2n) is 7.80. The summed E-state index contributed by atoms with van der Waals surface area (Å²) in [4.78, 5) is 27.2. The van der Waals surface area contributed by atoms with E-state index in [2.05, 4.69) is 31.3 Å². The summed E-state index contributed by atoms with van der Waals surface area (Å²) in [5.74, 6) is 0.604. The smallest absolute Gasteiger partial charge is 0.254 e. The Labute approximate surface area is 167 Å². The fourth-order valence-corrected chi connectivity index (χ4v) is 3.70. The number of nitrogens with one attached hydrogen (secondary N) is 1. The molecule has 1 N–H and O–H groups in total. The second kappa shape index (κ2) is 9.05. The molecular weight excluding hydrogens is 348 g/mol. The van der Waals surface area contributed by atoms with Crippen molar-refractivity contribution in [3.63, 3.8) is 0 Å².